The standard InChI is InChI=1S/C28H22FN5S/c1-19-7-5-12-25(31-19)28-24(21-13-14-30-26(15-21)20-8-3-2-4-9-20)17-34(33-28)18-27(35)32-23-11-6-10-22(29)16-23/h2-17H,18H2,1H3,(H,32,35). The van der Waals surface area contributed by atoms with E-state index in [-0.39, 0.29) is 5.82 Å². The molecule has 0 amide bonds. The van der Waals surface area contributed by atoms with Crippen molar-refractivity contribution in [1.82, 2.24) is 19.7 Å². The van der Waals surface area contributed by atoms with Gasteiger partial charge in [-0.2, -0.15) is 5.10 Å². The summed E-state index contributed by atoms with van der Waals surface area (Å²) in [5, 5.41) is 7.92. The number of hydrogen-bond acceptors (Lipinski definition) is 4. The number of benzene rings is 2. The van der Waals surface area contributed by atoms with Crippen LogP contribution in [0.1, 0.15) is 5.69 Å². The number of rotatable bonds is 6. The Morgan fingerprint density at radius 3 is 2.54 bits per heavy atom. The summed E-state index contributed by atoms with van der Waals surface area (Å²) in [6.45, 7) is 2.29. The van der Waals surface area contributed by atoms with Crippen LogP contribution in [0.4, 0.5) is 10.1 Å². The average Bonchev–Trinajstić information content (AvgIpc) is 3.28. The minimum Gasteiger partial charge on any atom is -0.348 e. The van der Waals surface area contributed by atoms with Crippen LogP contribution in [-0.4, -0.2) is 24.7 Å². The quantitative estimate of drug-likeness (QED) is 0.280. The number of hydrogen-bond donors (Lipinski definition) is 1. The lowest BCUT2D eigenvalue weighted by Gasteiger charge is -2.08. The third kappa shape index (κ3) is 5.31. The molecule has 0 aliphatic heterocycles. The van der Waals surface area contributed by atoms with E-state index in [1.54, 1.807) is 23.0 Å². The normalized spacial score (nSPS) is 10.8. The Hall–Kier alpha value is -4.23. The van der Waals surface area contributed by atoms with E-state index < -0.39 is 0 Å². The first-order valence-corrected chi connectivity index (χ1v) is 11.5. The molecule has 2 aromatic carbocycles. The number of thiocarbonyl (C=S) groups is 1. The number of halogens is 1. The summed E-state index contributed by atoms with van der Waals surface area (Å²) in [6.07, 6.45) is 3.77. The van der Waals surface area contributed by atoms with Crippen molar-refractivity contribution < 1.29 is 4.39 Å². The smallest absolute Gasteiger partial charge is 0.125 e. The second-order valence-electron chi connectivity index (χ2n) is 8.11. The highest BCUT2D eigenvalue weighted by Crippen LogP contribution is 2.32. The molecule has 0 saturated heterocycles. The van der Waals surface area contributed by atoms with Gasteiger partial charge in [-0.05, 0) is 55.0 Å². The Morgan fingerprint density at radius 2 is 1.74 bits per heavy atom. The lowest BCUT2D eigenvalue weighted by Crippen LogP contribution is -2.17. The molecule has 172 valence electrons. The Kier molecular flexibility index (Phi) is 6.41. The van der Waals surface area contributed by atoms with E-state index in [0.717, 1.165) is 39.5 Å². The molecule has 0 radical (unpaired) electrons. The van der Waals surface area contributed by atoms with Gasteiger partial charge in [-0.15, -0.1) is 0 Å². The molecular formula is C28H22FN5S. The summed E-state index contributed by atoms with van der Waals surface area (Å²) >= 11 is 5.53. The molecule has 35 heavy (non-hydrogen) atoms. The van der Waals surface area contributed by atoms with E-state index in [4.69, 9.17) is 22.3 Å². The van der Waals surface area contributed by atoms with Crippen molar-refractivity contribution in [3.8, 4) is 33.8 Å². The molecule has 0 atom stereocenters. The van der Waals surface area contributed by atoms with E-state index in [9.17, 15) is 4.39 Å². The molecule has 0 spiro atoms. The Bertz CT molecular complexity index is 1500. The van der Waals surface area contributed by atoms with E-state index in [2.05, 4.69) is 16.4 Å². The summed E-state index contributed by atoms with van der Waals surface area (Å²) < 4.78 is 15.3. The van der Waals surface area contributed by atoms with Crippen molar-refractivity contribution >= 4 is 22.9 Å². The first-order chi connectivity index (χ1) is 17.0. The Balaban J connectivity index is 1.51. The van der Waals surface area contributed by atoms with Crippen LogP contribution in [0.2, 0.25) is 0 Å². The van der Waals surface area contributed by atoms with Gasteiger partial charge in [-0.1, -0.05) is 54.7 Å². The zero-order valence-electron chi connectivity index (χ0n) is 19.0. The lowest BCUT2D eigenvalue weighted by atomic mass is 10.0. The molecule has 0 aliphatic rings. The van der Waals surface area contributed by atoms with Crippen molar-refractivity contribution in [2.45, 2.75) is 13.5 Å². The molecule has 5 rings (SSSR count). The predicted molar refractivity (Wildman–Crippen MR) is 141 cm³/mol. The first-order valence-electron chi connectivity index (χ1n) is 11.1. The average molecular weight is 480 g/mol. The number of nitrogens with zero attached hydrogens (tertiary/aromatic N) is 4. The molecule has 1 N–H and O–H groups in total. The van der Waals surface area contributed by atoms with Gasteiger partial charge in [0.05, 0.1) is 17.9 Å². The fourth-order valence-electron chi connectivity index (χ4n) is 3.86. The Labute approximate surface area is 208 Å². The highest BCUT2D eigenvalue weighted by Gasteiger charge is 2.16. The van der Waals surface area contributed by atoms with Crippen LogP contribution < -0.4 is 5.32 Å². The number of aryl methyl sites for hydroxylation is 1. The van der Waals surface area contributed by atoms with Crippen molar-refractivity contribution in [1.29, 1.82) is 0 Å². The van der Waals surface area contributed by atoms with Gasteiger partial charge in [-0.25, -0.2) is 4.39 Å². The zero-order chi connectivity index (χ0) is 24.2. The van der Waals surface area contributed by atoms with Gasteiger partial charge in [-0.3, -0.25) is 14.6 Å². The molecular weight excluding hydrogens is 457 g/mol. The van der Waals surface area contributed by atoms with Gasteiger partial charge >= 0.3 is 0 Å². The van der Waals surface area contributed by atoms with Crippen LogP contribution in [0.15, 0.2) is 97.3 Å². The molecule has 0 aliphatic carbocycles. The van der Waals surface area contributed by atoms with E-state index in [1.165, 1.54) is 12.1 Å². The maximum atomic E-state index is 13.6. The third-order valence-corrected chi connectivity index (χ3v) is 5.68. The van der Waals surface area contributed by atoms with E-state index >= 15 is 0 Å². The predicted octanol–water partition coefficient (Wildman–Crippen LogP) is 6.56. The van der Waals surface area contributed by atoms with E-state index in [0.29, 0.717) is 17.2 Å². The van der Waals surface area contributed by atoms with Crippen LogP contribution in [0.3, 0.4) is 0 Å². The van der Waals surface area contributed by atoms with Crippen molar-refractivity contribution in [3.05, 3.63) is 109 Å². The number of nitrogens with one attached hydrogen (secondary N) is 1. The van der Waals surface area contributed by atoms with Crippen LogP contribution in [0.25, 0.3) is 33.8 Å². The minimum absolute atomic E-state index is 0.320. The van der Waals surface area contributed by atoms with E-state index in [1.807, 2.05) is 67.7 Å². The van der Waals surface area contributed by atoms with Gasteiger partial charge in [0.15, 0.2) is 0 Å². The van der Waals surface area contributed by atoms with Crippen molar-refractivity contribution in [3.63, 3.8) is 0 Å². The zero-order valence-corrected chi connectivity index (χ0v) is 19.8. The summed E-state index contributed by atoms with van der Waals surface area (Å²) in [5.74, 6) is -0.320. The summed E-state index contributed by atoms with van der Waals surface area (Å²) in [6, 6.07) is 26.2. The molecule has 3 aromatic heterocycles. The monoisotopic (exact) mass is 479 g/mol. The SMILES string of the molecule is Cc1cccc(-c2nn(CC(=S)Nc3cccc(F)c3)cc2-c2ccnc(-c3ccccc3)c2)n1. The molecule has 0 bridgehead atoms. The fraction of sp³-hybridized carbons (Fsp3) is 0.0714. The number of aromatic nitrogens is 4. The van der Waals surface area contributed by atoms with Gasteiger partial charge < -0.3 is 5.32 Å². The summed E-state index contributed by atoms with van der Waals surface area (Å²) in [4.78, 5) is 9.78. The van der Waals surface area contributed by atoms with Crippen molar-refractivity contribution in [2.75, 3.05) is 5.32 Å². The van der Waals surface area contributed by atoms with Crippen LogP contribution in [0.5, 0.6) is 0 Å². The van der Waals surface area contributed by atoms with Gasteiger partial charge in [0.1, 0.15) is 16.5 Å². The topological polar surface area (TPSA) is 55.6 Å². The lowest BCUT2D eigenvalue weighted by molar-refractivity contribution is 0.628. The number of pyridine rings is 2. The molecule has 0 unspecified atom stereocenters. The minimum atomic E-state index is -0.320. The molecule has 0 fully saturated rings. The second kappa shape index (κ2) is 9.95. The third-order valence-electron chi connectivity index (χ3n) is 5.45. The maximum Gasteiger partial charge on any atom is 0.125 e. The van der Waals surface area contributed by atoms with Crippen molar-refractivity contribution in [2.24, 2.45) is 0 Å². The van der Waals surface area contributed by atoms with Crippen LogP contribution in [-0.2, 0) is 6.54 Å². The molecule has 3 heterocycles. The Morgan fingerprint density at radius 1 is 0.914 bits per heavy atom. The molecule has 5 aromatic rings. The van der Waals surface area contributed by atoms with Crippen LogP contribution in [0, 0.1) is 12.7 Å². The first kappa shape index (κ1) is 22.6. The molecule has 5 nitrogen and oxygen atoms in total. The molecule has 7 heteroatoms. The largest absolute Gasteiger partial charge is 0.348 e. The highest BCUT2D eigenvalue weighted by molar-refractivity contribution is 7.80. The summed E-state index contributed by atoms with van der Waals surface area (Å²) in [5.41, 5.74) is 6.87. The van der Waals surface area contributed by atoms with Gasteiger partial charge in [0.25, 0.3) is 0 Å². The van der Waals surface area contributed by atoms with Crippen LogP contribution >= 0.6 is 12.2 Å². The maximum absolute atomic E-state index is 13.6. The summed E-state index contributed by atoms with van der Waals surface area (Å²) in [7, 11) is 0. The second-order valence-corrected chi connectivity index (χ2v) is 8.60. The number of anilines is 1. The van der Waals surface area contributed by atoms with Gasteiger partial charge in [0.2, 0.25) is 0 Å². The van der Waals surface area contributed by atoms with Gasteiger partial charge in [0, 0.05) is 34.9 Å². The highest BCUT2D eigenvalue weighted by atomic mass is 32.1. The molecule has 0 saturated carbocycles. The fourth-order valence-corrected chi connectivity index (χ4v) is 4.11.